The zero-order valence-electron chi connectivity index (χ0n) is 7.30. The quantitative estimate of drug-likeness (QED) is 0.585. The van der Waals surface area contributed by atoms with Crippen molar-refractivity contribution in [2.75, 3.05) is 0 Å². The Morgan fingerprint density at radius 1 is 1.33 bits per heavy atom. The van der Waals surface area contributed by atoms with Crippen LogP contribution < -0.4 is 0 Å². The Morgan fingerprint density at radius 3 is 2.83 bits per heavy atom. The molecule has 0 saturated carbocycles. The third kappa shape index (κ3) is 0.918. The summed E-state index contributed by atoms with van der Waals surface area (Å²) in [5.41, 5.74) is 5.56. The Morgan fingerprint density at radius 2 is 2.08 bits per heavy atom. The van der Waals surface area contributed by atoms with Crippen LogP contribution in [-0.2, 0) is 6.42 Å². The topological polar surface area (TPSA) is 0 Å². The summed E-state index contributed by atoms with van der Waals surface area (Å²) in [7, 11) is 0. The minimum Gasteiger partial charge on any atom is -0.0984 e. The van der Waals surface area contributed by atoms with E-state index in [0.717, 1.165) is 6.42 Å². The predicted octanol–water partition coefficient (Wildman–Crippen LogP) is 3.20. The lowest BCUT2D eigenvalue weighted by molar-refractivity contribution is 1.19. The highest BCUT2D eigenvalue weighted by Crippen LogP contribution is 2.32. The molecule has 0 N–H and O–H groups in total. The molecule has 60 valence electrons. The largest absolute Gasteiger partial charge is 0.0984 e. The van der Waals surface area contributed by atoms with Crippen LogP contribution in [0.25, 0.3) is 5.57 Å². The summed E-state index contributed by atoms with van der Waals surface area (Å²) in [4.78, 5) is 0. The van der Waals surface area contributed by atoms with Gasteiger partial charge in [0.2, 0.25) is 0 Å². The van der Waals surface area contributed by atoms with E-state index in [1.165, 1.54) is 22.3 Å². The van der Waals surface area contributed by atoms with Crippen molar-refractivity contribution in [1.29, 1.82) is 0 Å². The lowest BCUT2D eigenvalue weighted by atomic mass is 10.1. The van der Waals surface area contributed by atoms with Gasteiger partial charge in [-0.3, -0.25) is 0 Å². The van der Waals surface area contributed by atoms with Crippen LogP contribution in [0.5, 0.6) is 0 Å². The van der Waals surface area contributed by atoms with Gasteiger partial charge < -0.3 is 0 Å². The molecule has 0 amide bonds. The molecule has 0 heterocycles. The van der Waals surface area contributed by atoms with E-state index in [4.69, 9.17) is 0 Å². The molecule has 0 unspecified atom stereocenters. The Hall–Kier alpha value is -1.30. The summed E-state index contributed by atoms with van der Waals surface area (Å²) in [5, 5.41) is 0. The van der Waals surface area contributed by atoms with Crippen LogP contribution in [0.1, 0.15) is 18.1 Å². The van der Waals surface area contributed by atoms with Crippen molar-refractivity contribution in [1.82, 2.24) is 0 Å². The van der Waals surface area contributed by atoms with E-state index >= 15 is 0 Å². The Balaban J connectivity index is 2.60. The minimum absolute atomic E-state index is 1.09. The summed E-state index contributed by atoms with van der Waals surface area (Å²) >= 11 is 0. The first-order chi connectivity index (χ1) is 5.83. The third-order valence-electron chi connectivity index (χ3n) is 2.43. The second-order valence-corrected chi connectivity index (χ2v) is 3.23. The molecule has 1 aliphatic carbocycles. The molecule has 0 bridgehead atoms. The molecule has 1 aromatic carbocycles. The van der Waals surface area contributed by atoms with E-state index in [2.05, 4.69) is 37.8 Å². The summed E-state index contributed by atoms with van der Waals surface area (Å²) in [6, 6.07) is 8.54. The molecule has 0 spiro atoms. The molecular formula is C12H12. The van der Waals surface area contributed by atoms with E-state index in [-0.39, 0.29) is 0 Å². The average Bonchev–Trinajstić information content (AvgIpc) is 2.40. The second kappa shape index (κ2) is 2.63. The van der Waals surface area contributed by atoms with E-state index in [9.17, 15) is 0 Å². The molecule has 0 saturated heterocycles. The van der Waals surface area contributed by atoms with Crippen molar-refractivity contribution >= 4 is 5.57 Å². The Labute approximate surface area is 73.2 Å². The maximum Gasteiger partial charge on any atom is -0.00545 e. The molecule has 12 heavy (non-hydrogen) atoms. The van der Waals surface area contributed by atoms with E-state index in [1.54, 1.807) is 0 Å². The van der Waals surface area contributed by atoms with Crippen molar-refractivity contribution in [2.45, 2.75) is 13.3 Å². The fourth-order valence-electron chi connectivity index (χ4n) is 1.83. The zero-order chi connectivity index (χ0) is 8.55. The highest BCUT2D eigenvalue weighted by molar-refractivity contribution is 5.82. The second-order valence-electron chi connectivity index (χ2n) is 3.23. The van der Waals surface area contributed by atoms with E-state index in [0.29, 0.717) is 0 Å². The monoisotopic (exact) mass is 156 g/mol. The maximum absolute atomic E-state index is 3.83. The molecule has 0 aliphatic heterocycles. The molecule has 0 fully saturated rings. The zero-order valence-corrected chi connectivity index (χ0v) is 7.30. The van der Waals surface area contributed by atoms with Gasteiger partial charge in [-0.25, -0.2) is 0 Å². The van der Waals surface area contributed by atoms with E-state index < -0.39 is 0 Å². The molecule has 1 aromatic rings. The number of hydrogen-bond acceptors (Lipinski definition) is 0. The van der Waals surface area contributed by atoms with Crippen LogP contribution >= 0.6 is 0 Å². The fraction of sp³-hybridized carbons (Fsp3) is 0.167. The Kier molecular flexibility index (Phi) is 1.61. The number of allylic oxidation sites excluding steroid dienone is 3. The minimum atomic E-state index is 1.09. The highest BCUT2D eigenvalue weighted by Gasteiger charge is 2.14. The van der Waals surface area contributed by atoms with Crippen LogP contribution in [-0.4, -0.2) is 0 Å². The standard InChI is InChI=1S/C12H12/c1-3-11-9(2)8-10-6-4-5-7-12(10)11/h3-7H,1,8H2,2H3. The lowest BCUT2D eigenvalue weighted by Crippen LogP contribution is -1.80. The smallest absolute Gasteiger partial charge is 0.00545 e. The molecule has 0 nitrogen and oxygen atoms in total. The molecule has 1 aliphatic rings. The van der Waals surface area contributed by atoms with Crippen LogP contribution in [0.4, 0.5) is 0 Å². The maximum atomic E-state index is 3.83. The summed E-state index contributed by atoms with van der Waals surface area (Å²) in [5.74, 6) is 0. The van der Waals surface area contributed by atoms with Crippen LogP contribution in [0, 0.1) is 0 Å². The van der Waals surface area contributed by atoms with Gasteiger partial charge in [-0.2, -0.15) is 0 Å². The SMILES string of the molecule is C=CC1=C(C)Cc2ccccc21. The van der Waals surface area contributed by atoms with E-state index in [1.807, 2.05) is 6.08 Å². The normalized spacial score (nSPS) is 14.8. The van der Waals surface area contributed by atoms with Crippen molar-refractivity contribution in [3.8, 4) is 0 Å². The molecule has 2 rings (SSSR count). The molecule has 0 aromatic heterocycles. The molecule has 0 heteroatoms. The van der Waals surface area contributed by atoms with Crippen LogP contribution in [0.15, 0.2) is 42.5 Å². The summed E-state index contributed by atoms with van der Waals surface area (Å²) in [6.45, 7) is 6.01. The van der Waals surface area contributed by atoms with Gasteiger partial charge in [0.05, 0.1) is 0 Å². The van der Waals surface area contributed by atoms with Crippen molar-refractivity contribution < 1.29 is 0 Å². The Bertz CT molecular complexity index is 356. The van der Waals surface area contributed by atoms with Gasteiger partial charge in [0, 0.05) is 0 Å². The van der Waals surface area contributed by atoms with Crippen molar-refractivity contribution in [3.05, 3.63) is 53.6 Å². The van der Waals surface area contributed by atoms with Gasteiger partial charge in [-0.1, -0.05) is 42.5 Å². The van der Waals surface area contributed by atoms with Crippen molar-refractivity contribution in [3.63, 3.8) is 0 Å². The van der Waals surface area contributed by atoms with Gasteiger partial charge >= 0.3 is 0 Å². The number of fused-ring (bicyclic) bond motifs is 1. The van der Waals surface area contributed by atoms with Gasteiger partial charge in [-0.15, -0.1) is 0 Å². The molecular weight excluding hydrogens is 144 g/mol. The fourth-order valence-corrected chi connectivity index (χ4v) is 1.83. The summed E-state index contributed by atoms with van der Waals surface area (Å²) < 4.78 is 0. The van der Waals surface area contributed by atoms with Crippen LogP contribution in [0.2, 0.25) is 0 Å². The molecule has 0 radical (unpaired) electrons. The van der Waals surface area contributed by atoms with Crippen molar-refractivity contribution in [2.24, 2.45) is 0 Å². The molecule has 0 atom stereocenters. The van der Waals surface area contributed by atoms with Gasteiger partial charge in [0.25, 0.3) is 0 Å². The third-order valence-corrected chi connectivity index (χ3v) is 2.43. The van der Waals surface area contributed by atoms with Crippen LogP contribution in [0.3, 0.4) is 0 Å². The first-order valence-corrected chi connectivity index (χ1v) is 4.23. The predicted molar refractivity (Wildman–Crippen MR) is 52.9 cm³/mol. The number of rotatable bonds is 1. The lowest BCUT2D eigenvalue weighted by Gasteiger charge is -1.98. The summed E-state index contributed by atoms with van der Waals surface area (Å²) in [6.07, 6.45) is 3.05. The first-order valence-electron chi connectivity index (χ1n) is 4.23. The number of benzene rings is 1. The van der Waals surface area contributed by atoms with Gasteiger partial charge in [-0.05, 0) is 30.0 Å². The highest BCUT2D eigenvalue weighted by atomic mass is 14.2. The first kappa shape index (κ1) is 7.35. The average molecular weight is 156 g/mol. The van der Waals surface area contributed by atoms with Gasteiger partial charge in [0.15, 0.2) is 0 Å². The van der Waals surface area contributed by atoms with Gasteiger partial charge in [0.1, 0.15) is 0 Å². The number of hydrogen-bond donors (Lipinski definition) is 0.